The zero-order chi connectivity index (χ0) is 12.5. The van der Waals surface area contributed by atoms with E-state index in [-0.39, 0.29) is 12.7 Å². The van der Waals surface area contributed by atoms with E-state index in [1.54, 1.807) is 0 Å². The topological polar surface area (TPSA) is 47.3 Å². The number of aliphatic hydroxyl groups is 1. The van der Waals surface area contributed by atoms with Gasteiger partial charge >= 0.3 is 0 Å². The minimum Gasteiger partial charge on any atom is -0.388 e. The molecule has 1 aliphatic heterocycles. The van der Waals surface area contributed by atoms with Crippen LogP contribution in [-0.2, 0) is 17.9 Å². The minimum atomic E-state index is -0.0704. The van der Waals surface area contributed by atoms with Crippen molar-refractivity contribution in [3.8, 4) is 0 Å². The van der Waals surface area contributed by atoms with E-state index in [0.717, 1.165) is 37.0 Å². The summed E-state index contributed by atoms with van der Waals surface area (Å²) in [6.07, 6.45) is 2.38. The lowest BCUT2D eigenvalue weighted by atomic mass is 10.2. The molecule has 2 aromatic rings. The van der Waals surface area contributed by atoms with Gasteiger partial charge in [0.2, 0.25) is 0 Å². The SMILES string of the molecule is OCc1nc2ccc(Cl)cc2n1CC1CCCO1. The highest BCUT2D eigenvalue weighted by atomic mass is 35.5. The van der Waals surface area contributed by atoms with Crippen LogP contribution in [-0.4, -0.2) is 27.4 Å². The summed E-state index contributed by atoms with van der Waals surface area (Å²) in [4.78, 5) is 4.41. The van der Waals surface area contributed by atoms with Crippen LogP contribution in [0.15, 0.2) is 18.2 Å². The van der Waals surface area contributed by atoms with Crippen LogP contribution in [0.1, 0.15) is 18.7 Å². The smallest absolute Gasteiger partial charge is 0.135 e. The van der Waals surface area contributed by atoms with Crippen molar-refractivity contribution < 1.29 is 9.84 Å². The zero-order valence-electron chi connectivity index (χ0n) is 9.97. The van der Waals surface area contributed by atoms with Crippen molar-refractivity contribution in [2.75, 3.05) is 6.61 Å². The van der Waals surface area contributed by atoms with Crippen LogP contribution in [0, 0.1) is 0 Å². The number of fused-ring (bicyclic) bond motifs is 1. The standard InChI is InChI=1S/C13H15ClN2O2/c14-9-3-4-11-12(6-9)16(13(8-17)15-11)7-10-2-1-5-18-10/h3-4,6,10,17H,1-2,5,7-8H2. The van der Waals surface area contributed by atoms with E-state index < -0.39 is 0 Å². The molecular formula is C13H15ClN2O2. The average Bonchev–Trinajstić information content (AvgIpc) is 2.98. The summed E-state index contributed by atoms with van der Waals surface area (Å²) in [6.45, 7) is 1.48. The molecule has 1 aromatic heterocycles. The van der Waals surface area contributed by atoms with Crippen LogP contribution in [0.25, 0.3) is 11.0 Å². The molecule has 0 amide bonds. The van der Waals surface area contributed by atoms with Crippen LogP contribution in [0.3, 0.4) is 0 Å². The third-order valence-corrected chi connectivity index (χ3v) is 3.58. The number of ether oxygens (including phenoxy) is 1. The highest BCUT2D eigenvalue weighted by molar-refractivity contribution is 6.31. The monoisotopic (exact) mass is 266 g/mol. The van der Waals surface area contributed by atoms with Gasteiger partial charge < -0.3 is 14.4 Å². The molecule has 1 saturated heterocycles. The third kappa shape index (κ3) is 2.11. The second-order valence-electron chi connectivity index (χ2n) is 4.56. The van der Waals surface area contributed by atoms with Crippen LogP contribution >= 0.6 is 11.6 Å². The fraction of sp³-hybridized carbons (Fsp3) is 0.462. The number of aliphatic hydroxyl groups excluding tert-OH is 1. The largest absolute Gasteiger partial charge is 0.388 e. The number of rotatable bonds is 3. The molecule has 0 saturated carbocycles. The molecule has 0 radical (unpaired) electrons. The molecule has 1 aliphatic rings. The Morgan fingerprint density at radius 2 is 2.39 bits per heavy atom. The van der Waals surface area contributed by atoms with Crippen molar-refractivity contribution in [1.29, 1.82) is 0 Å². The third-order valence-electron chi connectivity index (χ3n) is 3.34. The van der Waals surface area contributed by atoms with Gasteiger partial charge in [-0.25, -0.2) is 4.98 Å². The molecule has 1 unspecified atom stereocenters. The Labute approximate surface area is 110 Å². The number of aromatic nitrogens is 2. The number of hydrogen-bond acceptors (Lipinski definition) is 3. The molecule has 5 heteroatoms. The molecule has 2 heterocycles. The Bertz CT molecular complexity index is 561. The Balaban J connectivity index is 2.03. The Morgan fingerprint density at radius 1 is 1.50 bits per heavy atom. The van der Waals surface area contributed by atoms with Crippen molar-refractivity contribution >= 4 is 22.6 Å². The molecule has 1 atom stereocenters. The second kappa shape index (κ2) is 4.88. The lowest BCUT2D eigenvalue weighted by Gasteiger charge is -2.13. The summed E-state index contributed by atoms with van der Waals surface area (Å²) in [5.74, 6) is 0.669. The number of benzene rings is 1. The molecule has 18 heavy (non-hydrogen) atoms. The second-order valence-corrected chi connectivity index (χ2v) is 5.00. The Kier molecular flexibility index (Phi) is 3.24. The number of nitrogens with zero attached hydrogens (tertiary/aromatic N) is 2. The number of imidazole rings is 1. The molecule has 3 rings (SSSR count). The molecule has 96 valence electrons. The molecule has 4 nitrogen and oxygen atoms in total. The summed E-state index contributed by atoms with van der Waals surface area (Å²) >= 11 is 6.02. The van der Waals surface area contributed by atoms with E-state index in [0.29, 0.717) is 10.8 Å². The summed E-state index contributed by atoms with van der Waals surface area (Å²) < 4.78 is 7.65. The Hall–Kier alpha value is -1.10. The van der Waals surface area contributed by atoms with E-state index >= 15 is 0 Å². The number of hydrogen-bond donors (Lipinski definition) is 1. The normalized spacial score (nSPS) is 19.8. The fourth-order valence-electron chi connectivity index (χ4n) is 2.46. The van der Waals surface area contributed by atoms with E-state index in [1.807, 2.05) is 22.8 Å². The average molecular weight is 267 g/mol. The summed E-state index contributed by atoms with van der Waals surface area (Å²) in [7, 11) is 0. The molecule has 1 fully saturated rings. The lowest BCUT2D eigenvalue weighted by molar-refractivity contribution is 0.0960. The van der Waals surface area contributed by atoms with Crippen LogP contribution in [0.2, 0.25) is 5.02 Å². The van der Waals surface area contributed by atoms with Gasteiger partial charge in [0.05, 0.1) is 23.7 Å². The molecule has 0 bridgehead atoms. The predicted octanol–water partition coefficient (Wildman–Crippen LogP) is 2.36. The summed E-state index contributed by atoms with van der Waals surface area (Å²) in [6, 6.07) is 5.58. The van der Waals surface area contributed by atoms with Gasteiger partial charge in [0.1, 0.15) is 12.4 Å². The first kappa shape index (κ1) is 12.0. The van der Waals surface area contributed by atoms with E-state index in [1.165, 1.54) is 0 Å². The lowest BCUT2D eigenvalue weighted by Crippen LogP contribution is -2.17. The molecule has 0 aliphatic carbocycles. The number of halogens is 1. The van der Waals surface area contributed by atoms with E-state index in [4.69, 9.17) is 16.3 Å². The predicted molar refractivity (Wildman–Crippen MR) is 69.6 cm³/mol. The van der Waals surface area contributed by atoms with Gasteiger partial charge in [0, 0.05) is 11.6 Å². The summed E-state index contributed by atoms with van der Waals surface area (Å²) in [5, 5.41) is 10.1. The van der Waals surface area contributed by atoms with Crippen molar-refractivity contribution in [3.05, 3.63) is 29.0 Å². The maximum atomic E-state index is 9.41. The van der Waals surface area contributed by atoms with E-state index in [2.05, 4.69) is 4.98 Å². The highest BCUT2D eigenvalue weighted by Crippen LogP contribution is 2.23. The van der Waals surface area contributed by atoms with E-state index in [9.17, 15) is 5.11 Å². The minimum absolute atomic E-state index is 0.0704. The first-order chi connectivity index (χ1) is 8.78. The van der Waals surface area contributed by atoms with Gasteiger partial charge in [0.15, 0.2) is 0 Å². The zero-order valence-corrected chi connectivity index (χ0v) is 10.7. The van der Waals surface area contributed by atoms with Crippen LogP contribution < -0.4 is 0 Å². The van der Waals surface area contributed by atoms with Crippen molar-refractivity contribution in [1.82, 2.24) is 9.55 Å². The van der Waals surface area contributed by atoms with Gasteiger partial charge in [-0.2, -0.15) is 0 Å². The van der Waals surface area contributed by atoms with Crippen LogP contribution in [0.4, 0.5) is 0 Å². The first-order valence-electron chi connectivity index (χ1n) is 6.15. The highest BCUT2D eigenvalue weighted by Gasteiger charge is 2.19. The van der Waals surface area contributed by atoms with Crippen molar-refractivity contribution in [2.45, 2.75) is 32.1 Å². The van der Waals surface area contributed by atoms with Gasteiger partial charge in [-0.05, 0) is 31.0 Å². The van der Waals surface area contributed by atoms with Crippen LogP contribution in [0.5, 0.6) is 0 Å². The van der Waals surface area contributed by atoms with Gasteiger partial charge in [-0.15, -0.1) is 0 Å². The molecule has 1 N–H and O–H groups in total. The first-order valence-corrected chi connectivity index (χ1v) is 6.53. The molecule has 0 spiro atoms. The molecular weight excluding hydrogens is 252 g/mol. The summed E-state index contributed by atoms with van der Waals surface area (Å²) in [5.41, 5.74) is 1.82. The van der Waals surface area contributed by atoms with Crippen molar-refractivity contribution in [2.24, 2.45) is 0 Å². The van der Waals surface area contributed by atoms with Gasteiger partial charge in [-0.3, -0.25) is 0 Å². The van der Waals surface area contributed by atoms with Crippen molar-refractivity contribution in [3.63, 3.8) is 0 Å². The maximum Gasteiger partial charge on any atom is 0.135 e. The molecule has 1 aromatic carbocycles. The Morgan fingerprint density at radius 3 is 3.11 bits per heavy atom. The quantitative estimate of drug-likeness (QED) is 0.928. The van der Waals surface area contributed by atoms with Gasteiger partial charge in [0.25, 0.3) is 0 Å². The fourth-order valence-corrected chi connectivity index (χ4v) is 2.63. The van der Waals surface area contributed by atoms with Gasteiger partial charge in [-0.1, -0.05) is 11.6 Å². The maximum absolute atomic E-state index is 9.41.